The normalized spacial score (nSPS) is 10.0. The van der Waals surface area contributed by atoms with Gasteiger partial charge in [0.2, 0.25) is 0 Å². The molecule has 120 valence electrons. The van der Waals surface area contributed by atoms with Crippen molar-refractivity contribution < 1.29 is 4.39 Å². The van der Waals surface area contributed by atoms with E-state index in [1.54, 1.807) is 42.5 Å². The van der Waals surface area contributed by atoms with Crippen molar-refractivity contribution >= 4 is 0 Å². The quantitative estimate of drug-likeness (QED) is 0.739. The highest BCUT2D eigenvalue weighted by atomic mass is 19.1. The minimum absolute atomic E-state index is 0.0299. The van der Waals surface area contributed by atoms with Gasteiger partial charge in [0, 0.05) is 0 Å². The van der Waals surface area contributed by atoms with Crippen LogP contribution in [-0.4, -0.2) is 4.57 Å². The van der Waals surface area contributed by atoms with Crippen LogP contribution >= 0.6 is 0 Å². The zero-order valence-corrected chi connectivity index (χ0v) is 13.1. The largest absolute Gasteiger partial charge is 0.303 e. The summed E-state index contributed by atoms with van der Waals surface area (Å²) in [5.74, 6) is -0.368. The lowest BCUT2D eigenvalue weighted by atomic mass is 10.1. The molecule has 0 unspecified atom stereocenters. The van der Waals surface area contributed by atoms with Crippen LogP contribution in [-0.2, 0) is 6.54 Å². The van der Waals surface area contributed by atoms with Crippen LogP contribution in [0.15, 0.2) is 65.5 Å². The molecule has 3 aromatic rings. The van der Waals surface area contributed by atoms with E-state index >= 15 is 0 Å². The molecule has 1 heterocycles. The Bertz CT molecular complexity index is 1070. The SMILES string of the molecule is N#Cc1cccc(Cn2c(-c3ccc(F)cc3)ccc(C#N)c2=O)c1. The van der Waals surface area contributed by atoms with E-state index in [2.05, 4.69) is 6.07 Å². The van der Waals surface area contributed by atoms with Crippen LogP contribution in [0.25, 0.3) is 11.3 Å². The van der Waals surface area contributed by atoms with Crippen molar-refractivity contribution in [3.8, 4) is 23.4 Å². The van der Waals surface area contributed by atoms with Crippen LogP contribution in [0.1, 0.15) is 16.7 Å². The molecular weight excluding hydrogens is 317 g/mol. The summed E-state index contributed by atoms with van der Waals surface area (Å²) in [5.41, 5.74) is 2.10. The van der Waals surface area contributed by atoms with Gasteiger partial charge in [-0.1, -0.05) is 12.1 Å². The highest BCUT2D eigenvalue weighted by Crippen LogP contribution is 2.20. The molecule has 0 radical (unpaired) electrons. The number of nitriles is 2. The number of benzene rings is 2. The average Bonchev–Trinajstić information content (AvgIpc) is 2.64. The Labute approximate surface area is 143 Å². The van der Waals surface area contributed by atoms with E-state index in [0.717, 1.165) is 5.56 Å². The molecule has 0 saturated carbocycles. The van der Waals surface area contributed by atoms with Crippen molar-refractivity contribution in [2.75, 3.05) is 0 Å². The molecule has 0 spiro atoms. The lowest BCUT2D eigenvalue weighted by Gasteiger charge is -2.14. The maximum absolute atomic E-state index is 13.2. The van der Waals surface area contributed by atoms with Crippen LogP contribution in [0.2, 0.25) is 0 Å². The van der Waals surface area contributed by atoms with Gasteiger partial charge in [0.05, 0.1) is 23.9 Å². The van der Waals surface area contributed by atoms with Crippen molar-refractivity contribution in [1.82, 2.24) is 4.57 Å². The van der Waals surface area contributed by atoms with E-state index in [0.29, 0.717) is 16.8 Å². The molecule has 0 aliphatic carbocycles. The Morgan fingerprint density at radius 2 is 1.72 bits per heavy atom. The summed E-state index contributed by atoms with van der Waals surface area (Å²) in [6, 6.07) is 19.8. The fourth-order valence-electron chi connectivity index (χ4n) is 2.61. The van der Waals surface area contributed by atoms with Gasteiger partial charge in [-0.15, -0.1) is 0 Å². The van der Waals surface area contributed by atoms with Gasteiger partial charge < -0.3 is 4.57 Å². The first kappa shape index (κ1) is 16.2. The molecule has 0 saturated heterocycles. The average molecular weight is 329 g/mol. The Hall–Kier alpha value is -3.70. The van der Waals surface area contributed by atoms with Gasteiger partial charge in [-0.25, -0.2) is 4.39 Å². The van der Waals surface area contributed by atoms with E-state index in [-0.39, 0.29) is 17.9 Å². The second kappa shape index (κ2) is 6.82. The predicted octanol–water partition coefficient (Wildman–Crippen LogP) is 3.45. The number of halogens is 1. The van der Waals surface area contributed by atoms with Gasteiger partial charge in [0.1, 0.15) is 17.4 Å². The monoisotopic (exact) mass is 329 g/mol. The first-order valence-corrected chi connectivity index (χ1v) is 7.51. The van der Waals surface area contributed by atoms with Gasteiger partial charge in [-0.3, -0.25) is 4.79 Å². The summed E-state index contributed by atoms with van der Waals surface area (Å²) >= 11 is 0. The minimum atomic E-state index is -0.424. The number of nitrogens with zero attached hydrogens (tertiary/aromatic N) is 3. The van der Waals surface area contributed by atoms with E-state index < -0.39 is 5.56 Å². The zero-order chi connectivity index (χ0) is 17.8. The fourth-order valence-corrected chi connectivity index (χ4v) is 2.61. The molecule has 0 N–H and O–H groups in total. The molecule has 0 bridgehead atoms. The maximum atomic E-state index is 13.2. The van der Waals surface area contributed by atoms with Crippen LogP contribution in [0.3, 0.4) is 0 Å². The van der Waals surface area contributed by atoms with Crippen LogP contribution in [0.4, 0.5) is 4.39 Å². The standard InChI is InChI=1S/C20H12FN3O/c21-18-7-4-16(5-8-18)19-9-6-17(12-23)20(25)24(19)13-15-3-1-2-14(10-15)11-22/h1-10H,13H2. The molecule has 0 atom stereocenters. The summed E-state index contributed by atoms with van der Waals surface area (Å²) < 4.78 is 14.6. The molecule has 0 amide bonds. The third kappa shape index (κ3) is 3.31. The minimum Gasteiger partial charge on any atom is -0.303 e. The summed E-state index contributed by atoms with van der Waals surface area (Å²) in [6.45, 7) is 0.205. The summed E-state index contributed by atoms with van der Waals surface area (Å²) in [7, 11) is 0. The lowest BCUT2D eigenvalue weighted by Crippen LogP contribution is -2.24. The van der Waals surface area contributed by atoms with Crippen molar-refractivity contribution in [1.29, 1.82) is 10.5 Å². The fraction of sp³-hybridized carbons (Fsp3) is 0.0500. The Kier molecular flexibility index (Phi) is 4.41. The molecule has 5 heteroatoms. The van der Waals surface area contributed by atoms with Gasteiger partial charge in [-0.05, 0) is 59.7 Å². The molecule has 0 aliphatic heterocycles. The highest BCUT2D eigenvalue weighted by Gasteiger charge is 2.11. The van der Waals surface area contributed by atoms with Gasteiger partial charge in [0.15, 0.2) is 0 Å². The first-order valence-electron chi connectivity index (χ1n) is 7.51. The highest BCUT2D eigenvalue weighted by molar-refractivity contribution is 5.60. The van der Waals surface area contributed by atoms with Crippen molar-refractivity contribution in [3.05, 3.63) is 93.5 Å². The second-order valence-electron chi connectivity index (χ2n) is 5.45. The maximum Gasteiger partial charge on any atom is 0.269 e. The zero-order valence-electron chi connectivity index (χ0n) is 13.1. The number of aromatic nitrogens is 1. The van der Waals surface area contributed by atoms with Crippen molar-refractivity contribution in [2.45, 2.75) is 6.54 Å². The number of rotatable bonds is 3. The second-order valence-corrected chi connectivity index (χ2v) is 5.45. The Morgan fingerprint density at radius 1 is 0.960 bits per heavy atom. The van der Waals surface area contributed by atoms with Crippen molar-refractivity contribution in [3.63, 3.8) is 0 Å². The molecule has 4 nitrogen and oxygen atoms in total. The van der Waals surface area contributed by atoms with Gasteiger partial charge in [0.25, 0.3) is 5.56 Å². The Balaban J connectivity index is 2.15. The van der Waals surface area contributed by atoms with E-state index in [9.17, 15) is 9.18 Å². The molecule has 0 fully saturated rings. The van der Waals surface area contributed by atoms with Crippen LogP contribution in [0, 0.1) is 28.5 Å². The summed E-state index contributed by atoms with van der Waals surface area (Å²) in [4.78, 5) is 12.6. The topological polar surface area (TPSA) is 69.6 Å². The van der Waals surface area contributed by atoms with Crippen LogP contribution in [0.5, 0.6) is 0 Å². The third-order valence-electron chi connectivity index (χ3n) is 3.83. The predicted molar refractivity (Wildman–Crippen MR) is 91.1 cm³/mol. The summed E-state index contributed by atoms with van der Waals surface area (Å²) in [6.07, 6.45) is 0. The first-order chi connectivity index (χ1) is 12.1. The number of pyridine rings is 1. The number of hydrogen-bond acceptors (Lipinski definition) is 3. The number of hydrogen-bond donors (Lipinski definition) is 0. The van der Waals surface area contributed by atoms with Gasteiger partial charge >= 0.3 is 0 Å². The van der Waals surface area contributed by atoms with E-state index in [4.69, 9.17) is 10.5 Å². The molecule has 0 aliphatic rings. The smallest absolute Gasteiger partial charge is 0.269 e. The molecule has 1 aromatic heterocycles. The summed E-state index contributed by atoms with van der Waals surface area (Å²) in [5, 5.41) is 18.2. The molecule has 25 heavy (non-hydrogen) atoms. The van der Waals surface area contributed by atoms with Gasteiger partial charge in [-0.2, -0.15) is 10.5 Å². The van der Waals surface area contributed by atoms with Crippen molar-refractivity contribution in [2.24, 2.45) is 0 Å². The Morgan fingerprint density at radius 3 is 2.40 bits per heavy atom. The molecule has 3 rings (SSSR count). The third-order valence-corrected chi connectivity index (χ3v) is 3.83. The van der Waals surface area contributed by atoms with E-state index in [1.165, 1.54) is 22.8 Å². The lowest BCUT2D eigenvalue weighted by molar-refractivity contribution is 0.628. The molecule has 2 aromatic carbocycles. The van der Waals surface area contributed by atoms with Crippen LogP contribution < -0.4 is 5.56 Å². The van der Waals surface area contributed by atoms with E-state index in [1.807, 2.05) is 6.07 Å². The molecular formula is C20H12FN3O.